The molecule has 0 amide bonds. The molecule has 2 aromatic rings. The minimum atomic E-state index is 0.611. The van der Waals surface area contributed by atoms with Gasteiger partial charge in [0.2, 0.25) is 0 Å². The molecular formula is C20H25NO2. The van der Waals surface area contributed by atoms with Gasteiger partial charge in [-0.05, 0) is 48.6 Å². The lowest BCUT2D eigenvalue weighted by Gasteiger charge is -2.22. The molecule has 1 saturated heterocycles. The molecular weight excluding hydrogens is 286 g/mol. The van der Waals surface area contributed by atoms with Crippen molar-refractivity contribution in [2.24, 2.45) is 5.92 Å². The number of hydrogen-bond donors (Lipinski definition) is 1. The second-order valence-electron chi connectivity index (χ2n) is 6.11. The lowest BCUT2D eigenvalue weighted by Crippen LogP contribution is -2.27. The van der Waals surface area contributed by atoms with Crippen molar-refractivity contribution >= 4 is 0 Å². The summed E-state index contributed by atoms with van der Waals surface area (Å²) in [6.45, 7) is 4.39. The van der Waals surface area contributed by atoms with Crippen LogP contribution in [0.5, 0.6) is 5.75 Å². The maximum Gasteiger partial charge on any atom is 0.120 e. The number of benzene rings is 2. The van der Waals surface area contributed by atoms with Gasteiger partial charge in [-0.15, -0.1) is 0 Å². The van der Waals surface area contributed by atoms with Crippen molar-refractivity contribution in [1.29, 1.82) is 0 Å². The van der Waals surface area contributed by atoms with Gasteiger partial charge in [0.25, 0.3) is 0 Å². The van der Waals surface area contributed by atoms with Gasteiger partial charge in [0.1, 0.15) is 12.4 Å². The topological polar surface area (TPSA) is 30.5 Å². The van der Waals surface area contributed by atoms with Crippen LogP contribution in [0.2, 0.25) is 0 Å². The van der Waals surface area contributed by atoms with E-state index in [9.17, 15) is 0 Å². The third kappa shape index (κ3) is 5.38. The Morgan fingerprint density at radius 2 is 1.74 bits per heavy atom. The fraction of sp³-hybridized carbons (Fsp3) is 0.400. The maximum absolute atomic E-state index is 5.88. The van der Waals surface area contributed by atoms with E-state index in [4.69, 9.17) is 9.47 Å². The van der Waals surface area contributed by atoms with Crippen LogP contribution >= 0.6 is 0 Å². The Morgan fingerprint density at radius 3 is 2.57 bits per heavy atom. The standard InChI is InChI=1S/C20H25NO2/c1-2-5-18(6-3-1)16-23-20-8-4-7-19(13-20)15-21-14-17-9-11-22-12-10-17/h1-8,13,17,21H,9-12,14-16H2. The highest BCUT2D eigenvalue weighted by Gasteiger charge is 2.12. The average molecular weight is 311 g/mol. The Labute approximate surface area is 138 Å². The van der Waals surface area contributed by atoms with E-state index in [1.54, 1.807) is 0 Å². The molecule has 3 nitrogen and oxygen atoms in total. The van der Waals surface area contributed by atoms with E-state index in [2.05, 4.69) is 35.6 Å². The van der Waals surface area contributed by atoms with Crippen LogP contribution in [0.4, 0.5) is 0 Å². The average Bonchev–Trinajstić information content (AvgIpc) is 2.62. The van der Waals surface area contributed by atoms with Crippen molar-refractivity contribution in [3.8, 4) is 5.75 Å². The van der Waals surface area contributed by atoms with E-state index in [0.717, 1.165) is 38.0 Å². The molecule has 1 fully saturated rings. The van der Waals surface area contributed by atoms with E-state index in [1.165, 1.54) is 24.0 Å². The van der Waals surface area contributed by atoms with E-state index >= 15 is 0 Å². The van der Waals surface area contributed by atoms with Gasteiger partial charge in [0.15, 0.2) is 0 Å². The Balaban J connectivity index is 1.45. The van der Waals surface area contributed by atoms with E-state index in [0.29, 0.717) is 6.61 Å². The summed E-state index contributed by atoms with van der Waals surface area (Å²) in [6.07, 6.45) is 2.35. The van der Waals surface area contributed by atoms with Crippen molar-refractivity contribution in [3.63, 3.8) is 0 Å². The first-order valence-electron chi connectivity index (χ1n) is 8.44. The SMILES string of the molecule is c1ccc(COc2cccc(CNCC3CCOCC3)c2)cc1. The van der Waals surface area contributed by atoms with Gasteiger partial charge >= 0.3 is 0 Å². The van der Waals surface area contributed by atoms with Gasteiger partial charge in [-0.25, -0.2) is 0 Å². The largest absolute Gasteiger partial charge is 0.489 e. The molecule has 0 unspecified atom stereocenters. The summed E-state index contributed by atoms with van der Waals surface area (Å²) in [5.41, 5.74) is 2.46. The molecule has 0 atom stereocenters. The normalized spacial score (nSPS) is 15.5. The Bertz CT molecular complexity index is 579. The highest BCUT2D eigenvalue weighted by atomic mass is 16.5. The van der Waals surface area contributed by atoms with Crippen molar-refractivity contribution in [2.75, 3.05) is 19.8 Å². The molecule has 0 spiro atoms. The van der Waals surface area contributed by atoms with Gasteiger partial charge in [0.05, 0.1) is 0 Å². The van der Waals surface area contributed by atoms with Crippen LogP contribution in [0, 0.1) is 5.92 Å². The van der Waals surface area contributed by atoms with Crippen LogP contribution in [0.1, 0.15) is 24.0 Å². The minimum Gasteiger partial charge on any atom is -0.489 e. The van der Waals surface area contributed by atoms with Crippen LogP contribution < -0.4 is 10.1 Å². The van der Waals surface area contributed by atoms with Gasteiger partial charge in [0, 0.05) is 19.8 Å². The first-order valence-corrected chi connectivity index (χ1v) is 8.44. The molecule has 2 aromatic carbocycles. The van der Waals surface area contributed by atoms with Crippen LogP contribution in [0.25, 0.3) is 0 Å². The molecule has 23 heavy (non-hydrogen) atoms. The molecule has 0 saturated carbocycles. The van der Waals surface area contributed by atoms with E-state index in [-0.39, 0.29) is 0 Å². The number of nitrogens with one attached hydrogen (secondary N) is 1. The summed E-state index contributed by atoms with van der Waals surface area (Å²) in [5.74, 6) is 1.68. The highest BCUT2D eigenvalue weighted by molar-refractivity contribution is 5.29. The molecule has 3 heteroatoms. The zero-order valence-corrected chi connectivity index (χ0v) is 13.5. The summed E-state index contributed by atoms with van der Waals surface area (Å²) >= 11 is 0. The summed E-state index contributed by atoms with van der Waals surface area (Å²) < 4.78 is 11.3. The molecule has 1 aliphatic rings. The van der Waals surface area contributed by atoms with E-state index < -0.39 is 0 Å². The van der Waals surface area contributed by atoms with Crippen molar-refractivity contribution in [2.45, 2.75) is 26.0 Å². The fourth-order valence-corrected chi connectivity index (χ4v) is 2.86. The minimum absolute atomic E-state index is 0.611. The lowest BCUT2D eigenvalue weighted by atomic mass is 10.0. The number of rotatable bonds is 7. The van der Waals surface area contributed by atoms with Crippen LogP contribution in [0.15, 0.2) is 54.6 Å². The molecule has 0 aromatic heterocycles. The van der Waals surface area contributed by atoms with E-state index in [1.807, 2.05) is 24.3 Å². The van der Waals surface area contributed by atoms with Crippen molar-refractivity contribution in [1.82, 2.24) is 5.32 Å². The molecule has 3 rings (SSSR count). The molecule has 0 bridgehead atoms. The van der Waals surface area contributed by atoms with Gasteiger partial charge < -0.3 is 14.8 Å². The summed E-state index contributed by atoms with van der Waals surface area (Å²) in [7, 11) is 0. The summed E-state index contributed by atoms with van der Waals surface area (Å²) in [5, 5.41) is 3.56. The Hall–Kier alpha value is -1.84. The zero-order valence-electron chi connectivity index (χ0n) is 13.5. The predicted octanol–water partition coefficient (Wildman–Crippen LogP) is 3.78. The monoisotopic (exact) mass is 311 g/mol. The van der Waals surface area contributed by atoms with Crippen LogP contribution in [0.3, 0.4) is 0 Å². The highest BCUT2D eigenvalue weighted by Crippen LogP contribution is 2.16. The van der Waals surface area contributed by atoms with Gasteiger partial charge in [-0.2, -0.15) is 0 Å². The van der Waals surface area contributed by atoms with Crippen LogP contribution in [-0.4, -0.2) is 19.8 Å². The maximum atomic E-state index is 5.88. The predicted molar refractivity (Wildman–Crippen MR) is 92.5 cm³/mol. The van der Waals surface area contributed by atoms with Gasteiger partial charge in [-0.1, -0.05) is 42.5 Å². The first kappa shape index (κ1) is 16.0. The molecule has 0 radical (unpaired) electrons. The number of ether oxygens (including phenoxy) is 2. The van der Waals surface area contributed by atoms with Gasteiger partial charge in [-0.3, -0.25) is 0 Å². The summed E-state index contributed by atoms with van der Waals surface area (Å²) in [6, 6.07) is 18.6. The van der Waals surface area contributed by atoms with Crippen molar-refractivity contribution in [3.05, 3.63) is 65.7 Å². The molecule has 1 aliphatic heterocycles. The third-order valence-corrected chi connectivity index (χ3v) is 4.25. The Morgan fingerprint density at radius 1 is 0.957 bits per heavy atom. The summed E-state index contributed by atoms with van der Waals surface area (Å²) in [4.78, 5) is 0. The molecule has 122 valence electrons. The molecule has 1 heterocycles. The lowest BCUT2D eigenvalue weighted by molar-refractivity contribution is 0.0662. The quantitative estimate of drug-likeness (QED) is 0.844. The second kappa shape index (κ2) is 8.70. The Kier molecular flexibility index (Phi) is 6.07. The number of hydrogen-bond acceptors (Lipinski definition) is 3. The zero-order chi connectivity index (χ0) is 15.7. The van der Waals surface area contributed by atoms with Crippen LogP contribution in [-0.2, 0) is 17.9 Å². The fourth-order valence-electron chi connectivity index (χ4n) is 2.86. The smallest absolute Gasteiger partial charge is 0.120 e. The third-order valence-electron chi connectivity index (χ3n) is 4.25. The first-order chi connectivity index (χ1) is 11.4. The molecule has 1 N–H and O–H groups in total. The van der Waals surface area contributed by atoms with Crippen molar-refractivity contribution < 1.29 is 9.47 Å². The molecule has 0 aliphatic carbocycles. The second-order valence-corrected chi connectivity index (χ2v) is 6.11.